The van der Waals surface area contributed by atoms with Crippen molar-refractivity contribution in [3.8, 4) is 0 Å². The Balaban J connectivity index is 2.62. The molecule has 0 radical (unpaired) electrons. The predicted octanol–water partition coefficient (Wildman–Crippen LogP) is 2.89. The lowest BCUT2D eigenvalue weighted by molar-refractivity contribution is -0.149. The first-order valence-corrected chi connectivity index (χ1v) is 7.36. The summed E-state index contributed by atoms with van der Waals surface area (Å²) in [6.45, 7) is 5.77. The fourth-order valence-corrected chi connectivity index (χ4v) is 3.03. The number of carbonyl (C=O) groups excluding carboxylic acids is 1. The summed E-state index contributed by atoms with van der Waals surface area (Å²) in [7, 11) is 0. The van der Waals surface area contributed by atoms with Gasteiger partial charge in [0.15, 0.2) is 0 Å². The molecule has 0 saturated heterocycles. The summed E-state index contributed by atoms with van der Waals surface area (Å²) < 4.78 is 4.97. The summed E-state index contributed by atoms with van der Waals surface area (Å²) in [5.41, 5.74) is 5.00. The molecule has 2 N–H and O–H groups in total. The molecule has 2 atom stereocenters. The fourth-order valence-electron chi connectivity index (χ4n) is 1.67. The van der Waals surface area contributed by atoms with Gasteiger partial charge in [0.05, 0.1) is 11.6 Å². The number of aromatic nitrogens is 1. The molecule has 0 saturated carbocycles. The molecule has 1 aromatic heterocycles. The number of thioether (sulfide) groups is 1. The van der Waals surface area contributed by atoms with Gasteiger partial charge in [-0.1, -0.05) is 18.5 Å². The van der Waals surface area contributed by atoms with Crippen molar-refractivity contribution in [1.29, 1.82) is 0 Å². The van der Waals surface area contributed by atoms with Gasteiger partial charge in [0, 0.05) is 11.4 Å². The van der Waals surface area contributed by atoms with E-state index in [4.69, 9.17) is 22.1 Å². The maximum Gasteiger partial charge on any atom is 0.325 e. The van der Waals surface area contributed by atoms with Crippen molar-refractivity contribution in [3.05, 3.63) is 23.4 Å². The van der Waals surface area contributed by atoms with Crippen LogP contribution in [0.1, 0.15) is 27.2 Å². The van der Waals surface area contributed by atoms with Gasteiger partial charge in [0.1, 0.15) is 10.6 Å². The Morgan fingerprint density at radius 1 is 1.68 bits per heavy atom. The van der Waals surface area contributed by atoms with Crippen LogP contribution in [0.5, 0.6) is 0 Å². The van der Waals surface area contributed by atoms with Crippen molar-refractivity contribution >= 4 is 29.3 Å². The van der Waals surface area contributed by atoms with Gasteiger partial charge < -0.3 is 10.5 Å². The van der Waals surface area contributed by atoms with Gasteiger partial charge in [-0.05, 0) is 32.4 Å². The van der Waals surface area contributed by atoms with E-state index in [0.29, 0.717) is 18.1 Å². The van der Waals surface area contributed by atoms with Gasteiger partial charge in [-0.15, -0.1) is 11.8 Å². The molecule has 0 spiro atoms. The van der Waals surface area contributed by atoms with Crippen LogP contribution in [0.3, 0.4) is 0 Å². The van der Waals surface area contributed by atoms with E-state index in [1.54, 1.807) is 32.2 Å². The van der Waals surface area contributed by atoms with Crippen LogP contribution >= 0.6 is 23.4 Å². The molecule has 0 aliphatic heterocycles. The van der Waals surface area contributed by atoms with Gasteiger partial charge in [0.25, 0.3) is 0 Å². The second-order valence-electron chi connectivity index (χ2n) is 4.56. The Bertz CT molecular complexity index is 440. The summed E-state index contributed by atoms with van der Waals surface area (Å²) in [4.78, 5) is 15.9. The minimum atomic E-state index is -0.996. The normalized spacial score (nSPS) is 15.6. The molecule has 1 heterocycles. The molecule has 4 nitrogen and oxygen atoms in total. The number of halogens is 1. The number of rotatable bonds is 6. The molecule has 19 heavy (non-hydrogen) atoms. The summed E-state index contributed by atoms with van der Waals surface area (Å²) in [5, 5.41) is 1.46. The number of ether oxygens (including phenoxy) is 1. The molecular formula is C13H19ClN2O2S. The van der Waals surface area contributed by atoms with Crippen LogP contribution in [0.25, 0.3) is 0 Å². The highest BCUT2D eigenvalue weighted by atomic mass is 35.5. The van der Waals surface area contributed by atoms with E-state index >= 15 is 0 Å². The fraction of sp³-hybridized carbons (Fsp3) is 0.538. The van der Waals surface area contributed by atoms with Crippen molar-refractivity contribution < 1.29 is 9.53 Å². The number of esters is 1. The Kier molecular flexibility index (Phi) is 6.10. The zero-order valence-electron chi connectivity index (χ0n) is 11.4. The number of carbonyl (C=O) groups is 1. The lowest BCUT2D eigenvalue weighted by atomic mass is 9.98. The van der Waals surface area contributed by atoms with Crippen molar-refractivity contribution in [2.45, 2.75) is 43.0 Å². The Morgan fingerprint density at radius 3 is 2.95 bits per heavy atom. The molecule has 1 rings (SSSR count). The number of nitrogens with two attached hydrogens (primary N) is 1. The van der Waals surface area contributed by atoms with E-state index in [0.717, 1.165) is 5.03 Å². The first-order valence-electron chi connectivity index (χ1n) is 6.10. The molecule has 0 aliphatic rings. The van der Waals surface area contributed by atoms with E-state index in [9.17, 15) is 4.79 Å². The highest BCUT2D eigenvalue weighted by Gasteiger charge is 2.32. The zero-order chi connectivity index (χ0) is 14.5. The molecule has 106 valence electrons. The van der Waals surface area contributed by atoms with Gasteiger partial charge in [-0.2, -0.15) is 0 Å². The largest absolute Gasteiger partial charge is 0.465 e. The van der Waals surface area contributed by atoms with Crippen LogP contribution in [-0.2, 0) is 9.53 Å². The second-order valence-corrected chi connectivity index (χ2v) is 6.40. The maximum atomic E-state index is 11.7. The summed E-state index contributed by atoms with van der Waals surface area (Å²) in [5.74, 6) is -0.380. The van der Waals surface area contributed by atoms with Crippen LogP contribution in [0, 0.1) is 0 Å². The van der Waals surface area contributed by atoms with Crippen LogP contribution in [0.15, 0.2) is 23.4 Å². The van der Waals surface area contributed by atoms with Crippen molar-refractivity contribution in [2.24, 2.45) is 5.73 Å². The smallest absolute Gasteiger partial charge is 0.325 e. The molecule has 0 aliphatic carbocycles. The molecule has 6 heteroatoms. The van der Waals surface area contributed by atoms with Crippen molar-refractivity contribution in [1.82, 2.24) is 4.98 Å². The number of pyridine rings is 1. The SMILES string of the molecule is CCOC(=O)C(C)(N)CC(C)Sc1ncccc1Cl. The number of nitrogens with zero attached hydrogens (tertiary/aromatic N) is 1. The van der Waals surface area contributed by atoms with Crippen LogP contribution < -0.4 is 5.73 Å². The molecule has 0 aromatic carbocycles. The average Bonchev–Trinajstić information content (AvgIpc) is 2.31. The Labute approximate surface area is 123 Å². The summed E-state index contributed by atoms with van der Waals surface area (Å²) in [6, 6.07) is 3.57. The topological polar surface area (TPSA) is 65.2 Å². The predicted molar refractivity (Wildman–Crippen MR) is 78.4 cm³/mol. The molecule has 0 amide bonds. The van der Waals surface area contributed by atoms with E-state index < -0.39 is 5.54 Å². The third-order valence-electron chi connectivity index (χ3n) is 2.49. The minimum absolute atomic E-state index is 0.104. The minimum Gasteiger partial charge on any atom is -0.465 e. The third-order valence-corrected chi connectivity index (χ3v) is 4.03. The highest BCUT2D eigenvalue weighted by molar-refractivity contribution is 7.99. The number of hydrogen-bond donors (Lipinski definition) is 1. The lowest BCUT2D eigenvalue weighted by Gasteiger charge is -2.25. The maximum absolute atomic E-state index is 11.7. The van der Waals surface area contributed by atoms with Gasteiger partial charge in [0.2, 0.25) is 0 Å². The van der Waals surface area contributed by atoms with E-state index in [2.05, 4.69) is 4.98 Å². The second kappa shape index (κ2) is 7.12. The average molecular weight is 303 g/mol. The quantitative estimate of drug-likeness (QED) is 0.646. The van der Waals surface area contributed by atoms with Crippen LogP contribution in [0.4, 0.5) is 0 Å². The van der Waals surface area contributed by atoms with Crippen molar-refractivity contribution in [3.63, 3.8) is 0 Å². The van der Waals surface area contributed by atoms with Gasteiger partial charge in [-0.3, -0.25) is 4.79 Å². The molecule has 0 fully saturated rings. The first-order chi connectivity index (χ1) is 8.86. The Morgan fingerprint density at radius 2 is 2.37 bits per heavy atom. The summed E-state index contributed by atoms with van der Waals surface area (Å²) >= 11 is 7.55. The standard InChI is InChI=1S/C13H19ClN2O2S/c1-4-18-12(17)13(3,15)8-9(2)19-11-10(14)6-5-7-16-11/h5-7,9H,4,8,15H2,1-3H3. The third kappa shape index (κ3) is 5.01. The van der Waals surface area contributed by atoms with E-state index in [1.807, 2.05) is 6.92 Å². The number of hydrogen-bond acceptors (Lipinski definition) is 5. The lowest BCUT2D eigenvalue weighted by Crippen LogP contribution is -2.47. The van der Waals surface area contributed by atoms with Crippen LogP contribution in [0.2, 0.25) is 5.02 Å². The van der Waals surface area contributed by atoms with E-state index in [1.165, 1.54) is 11.8 Å². The Hall–Kier alpha value is -0.780. The van der Waals surface area contributed by atoms with E-state index in [-0.39, 0.29) is 11.2 Å². The van der Waals surface area contributed by atoms with Gasteiger partial charge in [-0.25, -0.2) is 4.98 Å². The van der Waals surface area contributed by atoms with Crippen LogP contribution in [-0.4, -0.2) is 28.3 Å². The first kappa shape index (κ1) is 16.3. The molecular weight excluding hydrogens is 284 g/mol. The summed E-state index contributed by atoms with van der Waals surface area (Å²) in [6.07, 6.45) is 2.18. The zero-order valence-corrected chi connectivity index (χ0v) is 12.9. The van der Waals surface area contributed by atoms with Crippen molar-refractivity contribution in [2.75, 3.05) is 6.61 Å². The molecule has 2 unspecified atom stereocenters. The van der Waals surface area contributed by atoms with Gasteiger partial charge >= 0.3 is 5.97 Å². The highest BCUT2D eigenvalue weighted by Crippen LogP contribution is 2.31. The molecule has 1 aromatic rings. The monoisotopic (exact) mass is 302 g/mol. The molecule has 0 bridgehead atoms.